The van der Waals surface area contributed by atoms with E-state index in [2.05, 4.69) is 20.6 Å². The molecule has 17 heavy (non-hydrogen) atoms. The highest BCUT2D eigenvalue weighted by molar-refractivity contribution is 6.29. The number of hydrogen-bond donors (Lipinski definition) is 2. The molecule has 1 aromatic heterocycles. The van der Waals surface area contributed by atoms with Gasteiger partial charge in [0.15, 0.2) is 0 Å². The third kappa shape index (κ3) is 3.94. The molecule has 2 heterocycles. The quantitative estimate of drug-likeness (QED) is 0.802. The van der Waals surface area contributed by atoms with E-state index in [1.165, 1.54) is 6.20 Å². The van der Waals surface area contributed by atoms with Crippen molar-refractivity contribution in [1.29, 1.82) is 0 Å². The van der Waals surface area contributed by atoms with Crippen molar-refractivity contribution in [3.05, 3.63) is 17.4 Å². The molecule has 0 spiro atoms. The van der Waals surface area contributed by atoms with Gasteiger partial charge in [-0.3, -0.25) is 10.1 Å². The fourth-order valence-corrected chi connectivity index (χ4v) is 2.07. The molecule has 0 saturated carbocycles. The van der Waals surface area contributed by atoms with Crippen LogP contribution in [0.3, 0.4) is 0 Å². The molecule has 0 bridgehead atoms. The summed E-state index contributed by atoms with van der Waals surface area (Å²) in [7, 11) is 0. The molecule has 0 aliphatic carbocycles. The summed E-state index contributed by atoms with van der Waals surface area (Å²) in [5.74, 6) is 0.621. The normalized spacial score (nSPS) is 19.9. The number of aromatic nitrogens is 2. The minimum Gasteiger partial charge on any atom is -0.316 e. The average molecular weight is 255 g/mol. The van der Waals surface area contributed by atoms with E-state index in [1.54, 1.807) is 6.07 Å². The fourth-order valence-electron chi connectivity index (χ4n) is 1.93. The van der Waals surface area contributed by atoms with Crippen LogP contribution in [-0.4, -0.2) is 29.0 Å². The van der Waals surface area contributed by atoms with Gasteiger partial charge < -0.3 is 5.32 Å². The Morgan fingerprint density at radius 2 is 2.53 bits per heavy atom. The van der Waals surface area contributed by atoms with Crippen LogP contribution in [0.4, 0.5) is 5.95 Å². The first-order valence-corrected chi connectivity index (χ1v) is 6.11. The van der Waals surface area contributed by atoms with Crippen LogP contribution in [0.15, 0.2) is 12.3 Å². The van der Waals surface area contributed by atoms with Crippen LogP contribution in [0, 0.1) is 5.92 Å². The Morgan fingerprint density at radius 1 is 1.65 bits per heavy atom. The zero-order valence-corrected chi connectivity index (χ0v) is 10.2. The van der Waals surface area contributed by atoms with Crippen molar-refractivity contribution in [2.45, 2.75) is 19.3 Å². The molecule has 1 aromatic rings. The van der Waals surface area contributed by atoms with E-state index in [0.29, 0.717) is 17.5 Å². The second-order valence-electron chi connectivity index (χ2n) is 4.17. The molecule has 1 aliphatic rings. The molecule has 1 unspecified atom stereocenters. The molecule has 1 atom stereocenters. The van der Waals surface area contributed by atoms with Gasteiger partial charge in [0.25, 0.3) is 0 Å². The van der Waals surface area contributed by atoms with Gasteiger partial charge >= 0.3 is 0 Å². The summed E-state index contributed by atoms with van der Waals surface area (Å²) >= 11 is 5.71. The first-order chi connectivity index (χ1) is 8.24. The zero-order valence-electron chi connectivity index (χ0n) is 9.45. The minimum absolute atomic E-state index is 0.0547. The SMILES string of the molecule is O=C(CC1CCCNC1)Nc1nccc(Cl)n1. The number of carbonyl (C=O) groups is 1. The number of nitrogens with one attached hydrogen (secondary N) is 2. The highest BCUT2D eigenvalue weighted by atomic mass is 35.5. The van der Waals surface area contributed by atoms with E-state index in [9.17, 15) is 4.79 Å². The lowest BCUT2D eigenvalue weighted by Crippen LogP contribution is -2.32. The number of amides is 1. The standard InChI is InChI=1S/C11H15ClN4O/c12-9-3-5-14-11(15-9)16-10(17)6-8-2-1-4-13-7-8/h3,5,8,13H,1-2,4,6-7H2,(H,14,15,16,17). The van der Waals surface area contributed by atoms with Crippen LogP contribution < -0.4 is 10.6 Å². The smallest absolute Gasteiger partial charge is 0.230 e. The Labute approximate surface area is 105 Å². The Balaban J connectivity index is 1.84. The first kappa shape index (κ1) is 12.3. The number of carbonyl (C=O) groups excluding carboxylic acids is 1. The summed E-state index contributed by atoms with van der Waals surface area (Å²) in [4.78, 5) is 19.6. The molecule has 1 amide bonds. The highest BCUT2D eigenvalue weighted by Crippen LogP contribution is 2.14. The van der Waals surface area contributed by atoms with Crippen molar-refractivity contribution < 1.29 is 4.79 Å². The first-order valence-electron chi connectivity index (χ1n) is 5.73. The molecule has 0 radical (unpaired) electrons. The number of rotatable bonds is 3. The number of hydrogen-bond acceptors (Lipinski definition) is 4. The molecule has 92 valence electrons. The van der Waals surface area contributed by atoms with Crippen LogP contribution >= 0.6 is 11.6 Å². The predicted molar refractivity (Wildman–Crippen MR) is 65.9 cm³/mol. The zero-order chi connectivity index (χ0) is 12.1. The van der Waals surface area contributed by atoms with Crippen molar-refractivity contribution in [2.24, 2.45) is 5.92 Å². The molecular weight excluding hydrogens is 240 g/mol. The van der Waals surface area contributed by atoms with E-state index in [-0.39, 0.29) is 11.9 Å². The van der Waals surface area contributed by atoms with E-state index in [1.807, 2.05) is 0 Å². The molecule has 1 saturated heterocycles. The number of halogens is 1. The number of piperidine rings is 1. The van der Waals surface area contributed by atoms with Crippen LogP contribution in [-0.2, 0) is 4.79 Å². The van der Waals surface area contributed by atoms with E-state index in [4.69, 9.17) is 11.6 Å². The molecule has 1 fully saturated rings. The molecule has 1 aliphatic heterocycles. The predicted octanol–water partition coefficient (Wildman–Crippen LogP) is 1.46. The molecular formula is C11H15ClN4O. The second kappa shape index (κ2) is 5.93. The van der Waals surface area contributed by atoms with Crippen LogP contribution in [0.1, 0.15) is 19.3 Å². The van der Waals surface area contributed by atoms with E-state index in [0.717, 1.165) is 25.9 Å². The van der Waals surface area contributed by atoms with Crippen LogP contribution in [0.5, 0.6) is 0 Å². The minimum atomic E-state index is -0.0547. The molecule has 2 rings (SSSR count). The van der Waals surface area contributed by atoms with Crippen LogP contribution in [0.2, 0.25) is 5.15 Å². The monoisotopic (exact) mass is 254 g/mol. The lowest BCUT2D eigenvalue weighted by Gasteiger charge is -2.21. The van der Waals surface area contributed by atoms with Gasteiger partial charge in [-0.05, 0) is 37.9 Å². The van der Waals surface area contributed by atoms with Crippen LogP contribution in [0.25, 0.3) is 0 Å². The third-order valence-electron chi connectivity index (χ3n) is 2.75. The van der Waals surface area contributed by atoms with E-state index >= 15 is 0 Å². The lowest BCUT2D eigenvalue weighted by atomic mass is 9.96. The molecule has 2 N–H and O–H groups in total. The van der Waals surface area contributed by atoms with E-state index < -0.39 is 0 Å². The van der Waals surface area contributed by atoms with Crippen molar-refractivity contribution in [3.8, 4) is 0 Å². The number of nitrogens with zero attached hydrogens (tertiary/aromatic N) is 2. The van der Waals surface area contributed by atoms with Gasteiger partial charge in [0.2, 0.25) is 11.9 Å². The largest absolute Gasteiger partial charge is 0.316 e. The summed E-state index contributed by atoms with van der Waals surface area (Å²) in [6, 6.07) is 1.57. The Hall–Kier alpha value is -1.20. The third-order valence-corrected chi connectivity index (χ3v) is 2.96. The van der Waals surface area contributed by atoms with Gasteiger partial charge in [0.1, 0.15) is 5.15 Å². The van der Waals surface area contributed by atoms with Crippen molar-refractivity contribution in [2.75, 3.05) is 18.4 Å². The maximum Gasteiger partial charge on any atom is 0.230 e. The fraction of sp³-hybridized carbons (Fsp3) is 0.545. The molecule has 6 heteroatoms. The second-order valence-corrected chi connectivity index (χ2v) is 4.55. The highest BCUT2D eigenvalue weighted by Gasteiger charge is 2.17. The van der Waals surface area contributed by atoms with Gasteiger partial charge in [-0.2, -0.15) is 0 Å². The van der Waals surface area contributed by atoms with Gasteiger partial charge in [-0.25, -0.2) is 9.97 Å². The van der Waals surface area contributed by atoms with Crippen molar-refractivity contribution in [3.63, 3.8) is 0 Å². The van der Waals surface area contributed by atoms with Gasteiger partial charge in [0.05, 0.1) is 0 Å². The molecule has 5 nitrogen and oxygen atoms in total. The van der Waals surface area contributed by atoms with Gasteiger partial charge in [0, 0.05) is 12.6 Å². The summed E-state index contributed by atoms with van der Waals surface area (Å²) in [5, 5.41) is 6.27. The summed E-state index contributed by atoms with van der Waals surface area (Å²) in [5.41, 5.74) is 0. The topological polar surface area (TPSA) is 66.9 Å². The van der Waals surface area contributed by atoms with Gasteiger partial charge in [-0.15, -0.1) is 0 Å². The average Bonchev–Trinajstić information content (AvgIpc) is 2.30. The summed E-state index contributed by atoms with van der Waals surface area (Å²) in [6.45, 7) is 1.96. The van der Waals surface area contributed by atoms with Crippen molar-refractivity contribution in [1.82, 2.24) is 15.3 Å². The van der Waals surface area contributed by atoms with Gasteiger partial charge in [-0.1, -0.05) is 11.6 Å². The maximum absolute atomic E-state index is 11.7. The molecule has 0 aromatic carbocycles. The summed E-state index contributed by atoms with van der Waals surface area (Å²) < 4.78 is 0. The summed E-state index contributed by atoms with van der Waals surface area (Å²) in [6.07, 6.45) is 4.25. The lowest BCUT2D eigenvalue weighted by molar-refractivity contribution is -0.117. The Morgan fingerprint density at radius 3 is 3.24 bits per heavy atom. The Kier molecular flexibility index (Phi) is 4.28. The Bertz CT molecular complexity index is 393. The maximum atomic E-state index is 11.7. The van der Waals surface area contributed by atoms with Crippen molar-refractivity contribution >= 4 is 23.5 Å². The number of anilines is 1.